The molecular weight excluding hydrogens is 445 g/mol. The van der Waals surface area contributed by atoms with Crippen LogP contribution in [0.15, 0.2) is 24.3 Å². The van der Waals surface area contributed by atoms with Crippen LogP contribution in [-0.4, -0.2) is 50.1 Å². The van der Waals surface area contributed by atoms with Gasteiger partial charge < -0.3 is 19.9 Å². The van der Waals surface area contributed by atoms with Crippen LogP contribution in [0, 0.1) is 12.7 Å². The number of aryl methyl sites for hydroxylation is 1. The Hall–Kier alpha value is -2.49. The number of carbonyl (C=O) groups excluding carboxylic acids is 3. The number of morpholine rings is 1. The first-order valence-corrected chi connectivity index (χ1v) is 10.7. The van der Waals surface area contributed by atoms with E-state index >= 15 is 0 Å². The Morgan fingerprint density at radius 3 is 2.65 bits per heavy atom. The monoisotopic (exact) mass is 467 g/mol. The van der Waals surface area contributed by atoms with Crippen LogP contribution in [0.2, 0.25) is 4.34 Å². The van der Waals surface area contributed by atoms with Gasteiger partial charge in [-0.1, -0.05) is 11.6 Å². The summed E-state index contributed by atoms with van der Waals surface area (Å²) in [5.74, 6) is -1.84. The summed E-state index contributed by atoms with van der Waals surface area (Å²) in [4.78, 5) is 40.6. The molecule has 10 heteroatoms. The Labute approximate surface area is 188 Å². The summed E-state index contributed by atoms with van der Waals surface area (Å²) >= 11 is 6.97. The predicted octanol–water partition coefficient (Wildman–Crippen LogP) is 3.38. The molecule has 31 heavy (non-hydrogen) atoms. The maximum atomic E-state index is 15.0. The highest BCUT2D eigenvalue weighted by molar-refractivity contribution is 7.18. The second-order valence-electron chi connectivity index (χ2n) is 7.74. The van der Waals surface area contributed by atoms with E-state index in [1.54, 1.807) is 32.9 Å². The molecule has 0 aliphatic carbocycles. The Bertz CT molecular complexity index is 1040. The zero-order valence-corrected chi connectivity index (χ0v) is 19.2. The van der Waals surface area contributed by atoms with Gasteiger partial charge in [0.2, 0.25) is 0 Å². The zero-order chi connectivity index (χ0) is 22.9. The van der Waals surface area contributed by atoms with E-state index in [-0.39, 0.29) is 18.2 Å². The summed E-state index contributed by atoms with van der Waals surface area (Å²) in [6.07, 6.45) is 0. The number of rotatable bonds is 5. The summed E-state index contributed by atoms with van der Waals surface area (Å²) < 4.78 is 20.6. The highest BCUT2D eigenvalue weighted by Gasteiger charge is 2.34. The van der Waals surface area contributed by atoms with E-state index in [1.807, 2.05) is 0 Å². The number of carbonyl (C=O) groups is 3. The number of likely N-dealkylation sites (N-methyl/N-ethyl adjacent to an activating group) is 1. The van der Waals surface area contributed by atoms with Gasteiger partial charge in [-0.05, 0) is 44.5 Å². The summed E-state index contributed by atoms with van der Waals surface area (Å²) in [6, 6.07) is 5.93. The normalized spacial score (nSPS) is 14.5. The van der Waals surface area contributed by atoms with Crippen molar-refractivity contribution in [1.82, 2.24) is 5.32 Å². The van der Waals surface area contributed by atoms with E-state index in [1.165, 1.54) is 24.1 Å². The summed E-state index contributed by atoms with van der Waals surface area (Å²) in [7, 11) is 1.44. The highest BCUT2D eigenvalue weighted by Crippen LogP contribution is 2.30. The molecule has 1 saturated heterocycles. The summed E-state index contributed by atoms with van der Waals surface area (Å²) in [6.45, 7) is 5.49. The SMILES string of the molecule is Cc1cc(N(C)C(=O)C(C)(C)NC(=O)c2ccc(Cl)s2)c(F)cc1N1CCOCC1=O. The molecule has 1 aromatic carbocycles. The Balaban J connectivity index is 1.81. The summed E-state index contributed by atoms with van der Waals surface area (Å²) in [5.41, 5.74) is -0.172. The van der Waals surface area contributed by atoms with Gasteiger partial charge in [0.15, 0.2) is 0 Å². The molecule has 0 atom stereocenters. The Morgan fingerprint density at radius 1 is 1.32 bits per heavy atom. The molecule has 3 rings (SSSR count). The molecule has 1 fully saturated rings. The van der Waals surface area contributed by atoms with Gasteiger partial charge in [-0.3, -0.25) is 14.4 Å². The predicted molar refractivity (Wildman–Crippen MR) is 119 cm³/mol. The van der Waals surface area contributed by atoms with Crippen molar-refractivity contribution in [3.8, 4) is 0 Å². The van der Waals surface area contributed by atoms with Gasteiger partial charge in [-0.25, -0.2) is 4.39 Å². The van der Waals surface area contributed by atoms with Crippen LogP contribution < -0.4 is 15.1 Å². The average molecular weight is 468 g/mol. The number of amides is 3. The molecule has 0 radical (unpaired) electrons. The second kappa shape index (κ2) is 8.94. The molecule has 0 saturated carbocycles. The minimum absolute atomic E-state index is 0.0495. The lowest BCUT2D eigenvalue weighted by Gasteiger charge is -2.32. The third-order valence-corrected chi connectivity index (χ3v) is 6.20. The molecular formula is C21H23ClFN3O4S. The molecule has 1 aromatic heterocycles. The Kier molecular flexibility index (Phi) is 6.68. The molecule has 0 bridgehead atoms. The third kappa shape index (κ3) is 4.89. The first kappa shape index (κ1) is 23.2. The number of thiophene rings is 1. The minimum Gasteiger partial charge on any atom is -0.370 e. The molecule has 3 amide bonds. The van der Waals surface area contributed by atoms with E-state index in [2.05, 4.69) is 5.32 Å². The quantitative estimate of drug-likeness (QED) is 0.731. The van der Waals surface area contributed by atoms with Crippen LogP contribution in [0.4, 0.5) is 15.8 Å². The fraction of sp³-hybridized carbons (Fsp3) is 0.381. The number of hydrogen-bond acceptors (Lipinski definition) is 5. The van der Waals surface area contributed by atoms with Gasteiger partial charge in [0.05, 0.1) is 21.5 Å². The van der Waals surface area contributed by atoms with Gasteiger partial charge in [-0.2, -0.15) is 0 Å². The van der Waals surface area contributed by atoms with E-state index in [0.29, 0.717) is 33.6 Å². The van der Waals surface area contributed by atoms with Crippen molar-refractivity contribution in [2.24, 2.45) is 0 Å². The van der Waals surface area contributed by atoms with E-state index in [9.17, 15) is 18.8 Å². The minimum atomic E-state index is -1.30. The van der Waals surface area contributed by atoms with Gasteiger partial charge in [0.1, 0.15) is 18.0 Å². The van der Waals surface area contributed by atoms with Crippen LogP contribution in [0.3, 0.4) is 0 Å². The Morgan fingerprint density at radius 2 is 2.03 bits per heavy atom. The zero-order valence-electron chi connectivity index (χ0n) is 17.6. The van der Waals surface area contributed by atoms with Gasteiger partial charge in [0, 0.05) is 25.3 Å². The van der Waals surface area contributed by atoms with Crippen molar-refractivity contribution < 1.29 is 23.5 Å². The number of nitrogens with one attached hydrogen (secondary N) is 1. The van der Waals surface area contributed by atoms with E-state index in [0.717, 1.165) is 16.2 Å². The number of hydrogen-bond donors (Lipinski definition) is 1. The number of ether oxygens (including phenoxy) is 1. The largest absolute Gasteiger partial charge is 0.370 e. The van der Waals surface area contributed by atoms with E-state index in [4.69, 9.17) is 16.3 Å². The molecule has 0 unspecified atom stereocenters. The molecule has 0 spiro atoms. The maximum absolute atomic E-state index is 15.0. The molecule has 7 nitrogen and oxygen atoms in total. The van der Waals surface area contributed by atoms with Crippen LogP contribution in [0.25, 0.3) is 0 Å². The fourth-order valence-electron chi connectivity index (χ4n) is 3.34. The smallest absolute Gasteiger partial charge is 0.262 e. The molecule has 1 aliphatic heterocycles. The van der Waals surface area contributed by atoms with Crippen molar-refractivity contribution >= 4 is 52.0 Å². The topological polar surface area (TPSA) is 79.0 Å². The highest BCUT2D eigenvalue weighted by atomic mass is 35.5. The number of anilines is 2. The first-order chi connectivity index (χ1) is 14.5. The lowest BCUT2D eigenvalue weighted by Crippen LogP contribution is -2.55. The third-order valence-electron chi connectivity index (χ3n) is 4.97. The fourth-order valence-corrected chi connectivity index (χ4v) is 4.28. The summed E-state index contributed by atoms with van der Waals surface area (Å²) in [5, 5.41) is 2.67. The lowest BCUT2D eigenvalue weighted by atomic mass is 10.0. The van der Waals surface area contributed by atoms with Gasteiger partial charge in [-0.15, -0.1) is 11.3 Å². The van der Waals surface area contributed by atoms with Crippen molar-refractivity contribution in [3.05, 3.63) is 44.9 Å². The van der Waals surface area contributed by atoms with Gasteiger partial charge >= 0.3 is 0 Å². The molecule has 2 aromatic rings. The van der Waals surface area contributed by atoms with Gasteiger partial charge in [0.25, 0.3) is 17.7 Å². The number of halogens is 2. The average Bonchev–Trinajstić information content (AvgIpc) is 3.15. The van der Waals surface area contributed by atoms with Crippen molar-refractivity contribution in [2.75, 3.05) is 36.6 Å². The van der Waals surface area contributed by atoms with Crippen LogP contribution in [-0.2, 0) is 14.3 Å². The van der Waals surface area contributed by atoms with Crippen molar-refractivity contribution in [3.63, 3.8) is 0 Å². The lowest BCUT2D eigenvalue weighted by molar-refractivity contribution is -0.125. The van der Waals surface area contributed by atoms with Crippen LogP contribution in [0.1, 0.15) is 29.1 Å². The molecule has 166 valence electrons. The second-order valence-corrected chi connectivity index (χ2v) is 9.45. The van der Waals surface area contributed by atoms with Crippen molar-refractivity contribution in [2.45, 2.75) is 26.3 Å². The van der Waals surface area contributed by atoms with E-state index < -0.39 is 23.2 Å². The molecule has 2 heterocycles. The molecule has 1 aliphatic rings. The first-order valence-electron chi connectivity index (χ1n) is 9.55. The van der Waals surface area contributed by atoms with Crippen LogP contribution in [0.5, 0.6) is 0 Å². The number of benzene rings is 1. The van der Waals surface area contributed by atoms with Crippen LogP contribution >= 0.6 is 22.9 Å². The standard InChI is InChI=1S/C21H23ClFN3O4S/c1-12-9-15(13(23)10-14(12)26-7-8-30-11-18(26)27)25(4)20(29)21(2,3)24-19(28)16-5-6-17(22)31-16/h5-6,9-10H,7-8,11H2,1-4H3,(H,24,28). The molecule has 1 N–H and O–H groups in total. The van der Waals surface area contributed by atoms with Crippen molar-refractivity contribution in [1.29, 1.82) is 0 Å². The maximum Gasteiger partial charge on any atom is 0.262 e. The number of nitrogens with zero attached hydrogens (tertiary/aromatic N) is 2.